The molecule has 7 heteroatoms. The second kappa shape index (κ2) is 11.0. The number of amides is 1. The molecule has 0 heterocycles. The molecular formula is C25H19BrClIN2O2. The van der Waals surface area contributed by atoms with Crippen molar-refractivity contribution in [3.63, 3.8) is 0 Å². The molecule has 0 spiro atoms. The van der Waals surface area contributed by atoms with Crippen molar-refractivity contribution in [1.29, 1.82) is 5.26 Å². The summed E-state index contributed by atoms with van der Waals surface area (Å²) in [6.07, 6.45) is 1.57. The minimum atomic E-state index is -0.449. The predicted octanol–water partition coefficient (Wildman–Crippen LogP) is 7.45. The van der Waals surface area contributed by atoms with Crippen LogP contribution < -0.4 is 10.1 Å². The van der Waals surface area contributed by atoms with Gasteiger partial charge in [0.05, 0.1) is 8.04 Å². The second-order valence-electron chi connectivity index (χ2n) is 7.10. The first kappa shape index (κ1) is 24.3. The van der Waals surface area contributed by atoms with Gasteiger partial charge in [0.1, 0.15) is 24.0 Å². The molecule has 1 N–H and O–H groups in total. The van der Waals surface area contributed by atoms with Crippen LogP contribution in [0.1, 0.15) is 22.3 Å². The van der Waals surface area contributed by atoms with E-state index in [1.54, 1.807) is 6.08 Å². The molecule has 0 aliphatic carbocycles. The Kier molecular flexibility index (Phi) is 8.35. The topological polar surface area (TPSA) is 62.1 Å². The molecule has 162 valence electrons. The zero-order valence-electron chi connectivity index (χ0n) is 17.4. The van der Waals surface area contributed by atoms with Gasteiger partial charge in [-0.3, -0.25) is 4.79 Å². The lowest BCUT2D eigenvalue weighted by atomic mass is 10.1. The lowest BCUT2D eigenvalue weighted by Gasteiger charge is -2.12. The fourth-order valence-electron chi connectivity index (χ4n) is 2.93. The summed E-state index contributed by atoms with van der Waals surface area (Å²) in [5, 5.41) is 13.1. The number of nitriles is 1. The van der Waals surface area contributed by atoms with Crippen LogP contribution in [-0.4, -0.2) is 5.91 Å². The average Bonchev–Trinajstić information content (AvgIpc) is 2.76. The van der Waals surface area contributed by atoms with Gasteiger partial charge in [0.25, 0.3) is 5.91 Å². The molecule has 3 aromatic rings. The van der Waals surface area contributed by atoms with Crippen LogP contribution in [0.3, 0.4) is 0 Å². The lowest BCUT2D eigenvalue weighted by Crippen LogP contribution is -2.14. The number of carbonyl (C=O) groups is 1. The highest BCUT2D eigenvalue weighted by atomic mass is 127. The van der Waals surface area contributed by atoms with E-state index in [0.717, 1.165) is 24.7 Å². The van der Waals surface area contributed by atoms with Gasteiger partial charge in [0.2, 0.25) is 0 Å². The Morgan fingerprint density at radius 1 is 1.22 bits per heavy atom. The molecule has 0 unspecified atom stereocenters. The number of hydrogen-bond donors (Lipinski definition) is 1. The van der Waals surface area contributed by atoms with E-state index in [-0.39, 0.29) is 5.57 Å². The third-order valence-electron chi connectivity index (χ3n) is 4.85. The van der Waals surface area contributed by atoms with Crippen LogP contribution in [0, 0.1) is 28.7 Å². The van der Waals surface area contributed by atoms with Gasteiger partial charge in [-0.15, -0.1) is 0 Å². The number of carbonyl (C=O) groups excluding carboxylic acids is 1. The Hall–Kier alpha value is -2.34. The summed E-state index contributed by atoms with van der Waals surface area (Å²) in [6.45, 7) is 4.30. The minimum absolute atomic E-state index is 0.0171. The summed E-state index contributed by atoms with van der Waals surface area (Å²) < 4.78 is 7.55. The Bertz CT molecular complexity index is 1210. The van der Waals surface area contributed by atoms with Crippen LogP contribution in [0.25, 0.3) is 6.08 Å². The van der Waals surface area contributed by atoms with Crippen LogP contribution in [0.15, 0.2) is 64.6 Å². The van der Waals surface area contributed by atoms with Crippen molar-refractivity contribution in [2.45, 2.75) is 20.5 Å². The molecule has 1 amide bonds. The molecule has 4 nitrogen and oxygen atoms in total. The monoisotopic (exact) mass is 620 g/mol. The summed E-state index contributed by atoms with van der Waals surface area (Å²) in [6, 6.07) is 18.8. The van der Waals surface area contributed by atoms with E-state index in [1.807, 2.05) is 74.5 Å². The van der Waals surface area contributed by atoms with Gasteiger partial charge < -0.3 is 10.1 Å². The predicted molar refractivity (Wildman–Crippen MR) is 141 cm³/mol. The van der Waals surface area contributed by atoms with E-state index in [9.17, 15) is 10.1 Å². The Morgan fingerprint density at radius 2 is 1.94 bits per heavy atom. The maximum absolute atomic E-state index is 12.7. The van der Waals surface area contributed by atoms with Crippen LogP contribution >= 0.6 is 50.1 Å². The van der Waals surface area contributed by atoms with Crippen LogP contribution in [0.2, 0.25) is 5.02 Å². The van der Waals surface area contributed by atoms with Gasteiger partial charge in [0.15, 0.2) is 0 Å². The largest absolute Gasteiger partial charge is 0.487 e. The number of ether oxygens (including phenoxy) is 1. The molecule has 0 fully saturated rings. The normalized spacial score (nSPS) is 11.1. The number of aryl methyl sites for hydroxylation is 1. The van der Waals surface area contributed by atoms with Crippen molar-refractivity contribution < 1.29 is 9.53 Å². The van der Waals surface area contributed by atoms with Gasteiger partial charge >= 0.3 is 0 Å². The van der Waals surface area contributed by atoms with Crippen molar-refractivity contribution in [3.8, 4) is 11.8 Å². The highest BCUT2D eigenvalue weighted by Gasteiger charge is 2.14. The fourth-order valence-corrected chi connectivity index (χ4v) is 4.82. The SMILES string of the molecule is Cc1cccc(NC(=O)/C(C#N)=C/c2cc(Br)c(OCc3ccc(Cl)cc3)c(I)c2)c1C. The lowest BCUT2D eigenvalue weighted by molar-refractivity contribution is -0.112. The van der Waals surface area contributed by atoms with Crippen molar-refractivity contribution in [1.82, 2.24) is 0 Å². The number of benzene rings is 3. The number of halogens is 3. The van der Waals surface area contributed by atoms with Crippen LogP contribution in [0.4, 0.5) is 5.69 Å². The maximum Gasteiger partial charge on any atom is 0.266 e. The summed E-state index contributed by atoms with van der Waals surface area (Å²) in [5.74, 6) is 0.242. The molecule has 0 bridgehead atoms. The molecule has 0 aromatic heterocycles. The first-order valence-electron chi connectivity index (χ1n) is 9.64. The van der Waals surface area contributed by atoms with Gasteiger partial charge in [-0.1, -0.05) is 35.9 Å². The van der Waals surface area contributed by atoms with Gasteiger partial charge in [0, 0.05) is 10.7 Å². The summed E-state index contributed by atoms with van der Waals surface area (Å²) in [5.41, 5.74) is 4.46. The van der Waals surface area contributed by atoms with Crippen LogP contribution in [-0.2, 0) is 11.4 Å². The molecular weight excluding hydrogens is 603 g/mol. The van der Waals surface area contributed by atoms with Crippen molar-refractivity contribution in [3.05, 3.63) is 95.5 Å². The van der Waals surface area contributed by atoms with E-state index in [1.165, 1.54) is 0 Å². The zero-order valence-corrected chi connectivity index (χ0v) is 21.9. The van der Waals surface area contributed by atoms with Gasteiger partial charge in [-0.25, -0.2) is 0 Å². The second-order valence-corrected chi connectivity index (χ2v) is 9.55. The number of nitrogens with zero attached hydrogens (tertiary/aromatic N) is 1. The molecule has 0 aliphatic heterocycles. The molecule has 0 atom stereocenters. The first-order valence-corrected chi connectivity index (χ1v) is 11.9. The summed E-state index contributed by atoms with van der Waals surface area (Å²) in [4.78, 5) is 12.7. The third kappa shape index (κ3) is 6.12. The first-order chi connectivity index (χ1) is 15.3. The van der Waals surface area contributed by atoms with E-state index in [4.69, 9.17) is 16.3 Å². The summed E-state index contributed by atoms with van der Waals surface area (Å²) >= 11 is 11.6. The Labute approximate surface area is 214 Å². The number of nitrogens with one attached hydrogen (secondary N) is 1. The number of hydrogen-bond acceptors (Lipinski definition) is 3. The number of anilines is 1. The smallest absolute Gasteiger partial charge is 0.266 e. The highest BCUT2D eigenvalue weighted by Crippen LogP contribution is 2.33. The molecule has 0 saturated carbocycles. The van der Waals surface area contributed by atoms with Crippen LogP contribution in [0.5, 0.6) is 5.75 Å². The highest BCUT2D eigenvalue weighted by molar-refractivity contribution is 14.1. The molecule has 0 saturated heterocycles. The quantitative estimate of drug-likeness (QED) is 0.177. The molecule has 0 aliphatic rings. The molecule has 32 heavy (non-hydrogen) atoms. The average molecular weight is 622 g/mol. The fraction of sp³-hybridized carbons (Fsp3) is 0.120. The molecule has 3 rings (SSSR count). The Balaban J connectivity index is 1.78. The van der Waals surface area contributed by atoms with Crippen molar-refractivity contribution in [2.24, 2.45) is 0 Å². The van der Waals surface area contributed by atoms with E-state index in [2.05, 4.69) is 43.8 Å². The summed E-state index contributed by atoms with van der Waals surface area (Å²) in [7, 11) is 0. The van der Waals surface area contributed by atoms with Crippen molar-refractivity contribution in [2.75, 3.05) is 5.32 Å². The van der Waals surface area contributed by atoms with E-state index >= 15 is 0 Å². The van der Waals surface area contributed by atoms with Gasteiger partial charge in [-0.2, -0.15) is 5.26 Å². The Morgan fingerprint density at radius 3 is 2.59 bits per heavy atom. The molecule has 3 aromatic carbocycles. The maximum atomic E-state index is 12.7. The standard InChI is InChI=1S/C25H19BrClIN2O2/c1-15-4-3-5-23(16(15)2)30-25(31)19(13-29)10-18-11-21(26)24(22(28)12-18)32-14-17-6-8-20(27)9-7-17/h3-12H,14H2,1-2H3,(H,30,31)/b19-10+. The zero-order chi connectivity index (χ0) is 23.3. The van der Waals surface area contributed by atoms with E-state index < -0.39 is 5.91 Å². The van der Waals surface area contributed by atoms with E-state index in [0.29, 0.717) is 28.6 Å². The minimum Gasteiger partial charge on any atom is -0.487 e. The molecule has 0 radical (unpaired) electrons. The third-order valence-corrected chi connectivity index (χ3v) is 6.49. The number of rotatable bonds is 6. The van der Waals surface area contributed by atoms with Gasteiger partial charge in [-0.05, 0) is 111 Å². The van der Waals surface area contributed by atoms with Crippen molar-refractivity contribution >= 4 is 67.8 Å².